The van der Waals surface area contributed by atoms with Crippen molar-refractivity contribution in [1.82, 2.24) is 25.2 Å². The molecule has 5 aliphatic rings. The van der Waals surface area contributed by atoms with Crippen molar-refractivity contribution in [3.63, 3.8) is 0 Å². The Kier molecular flexibility index (Phi) is 9.11. The van der Waals surface area contributed by atoms with Gasteiger partial charge in [-0.1, -0.05) is 18.6 Å². The number of nitrogens with one attached hydrogen (secondary N) is 1. The third kappa shape index (κ3) is 6.34. The SMILES string of the molecule is COc1nc(-c2cc(O)cc3cccc(F)c23)c(F)c2nc(OCC34CCCC3N(C3CC(C)OC(C)C3)CCC4)nc(N3CCCC4(CNC(=O)O4)C3)c12. The van der Waals surface area contributed by atoms with Crippen LogP contribution in [0.5, 0.6) is 17.6 Å². The number of phenolic OH excluding ortho intramolecular Hbond substituents is 1. The number of aromatic hydroxyl groups is 1. The van der Waals surface area contributed by atoms with E-state index in [1.807, 2.05) is 4.90 Å². The normalized spacial score (nSPS) is 29.8. The Hall–Kier alpha value is -4.56. The molecule has 4 aliphatic heterocycles. The molecule has 5 unspecified atom stereocenters. The highest BCUT2D eigenvalue weighted by Crippen LogP contribution is 2.50. The molecule has 1 saturated carbocycles. The van der Waals surface area contributed by atoms with Gasteiger partial charge in [-0.05, 0) is 95.3 Å². The summed E-state index contributed by atoms with van der Waals surface area (Å²) in [4.78, 5) is 31.2. The molecule has 4 aromatic rings. The number of carbonyl (C=O) groups is 1. The Labute approximate surface area is 318 Å². The minimum absolute atomic E-state index is 0.0131. The maximum atomic E-state index is 17.3. The number of hydrogen-bond acceptors (Lipinski definition) is 11. The zero-order valence-corrected chi connectivity index (χ0v) is 31.6. The molecule has 9 rings (SSSR count). The summed E-state index contributed by atoms with van der Waals surface area (Å²) in [7, 11) is 1.42. The van der Waals surface area contributed by atoms with E-state index in [0.29, 0.717) is 62.4 Å². The number of aromatic nitrogens is 3. The number of piperidine rings is 2. The van der Waals surface area contributed by atoms with Crippen LogP contribution in [0.2, 0.25) is 0 Å². The fourth-order valence-corrected chi connectivity index (χ4v) is 10.5. The lowest BCUT2D eigenvalue weighted by atomic mass is 9.74. The van der Waals surface area contributed by atoms with Crippen molar-refractivity contribution in [2.24, 2.45) is 5.41 Å². The highest BCUT2D eigenvalue weighted by Gasteiger charge is 2.51. The molecule has 0 bridgehead atoms. The number of likely N-dealkylation sites (tertiary alicyclic amines) is 1. The number of hydrogen-bond donors (Lipinski definition) is 2. The first-order valence-electron chi connectivity index (χ1n) is 19.7. The summed E-state index contributed by atoms with van der Waals surface area (Å²) in [5, 5.41) is 14.2. The number of anilines is 1. The number of ether oxygens (including phenoxy) is 4. The van der Waals surface area contributed by atoms with Gasteiger partial charge in [0.2, 0.25) is 5.88 Å². The number of rotatable bonds is 7. The molecule has 2 N–H and O–H groups in total. The smallest absolute Gasteiger partial charge is 0.407 e. The van der Waals surface area contributed by atoms with E-state index in [0.717, 1.165) is 51.5 Å². The molecule has 5 fully saturated rings. The van der Waals surface area contributed by atoms with Crippen LogP contribution >= 0.6 is 0 Å². The van der Waals surface area contributed by atoms with Gasteiger partial charge in [0.15, 0.2) is 5.82 Å². The Morgan fingerprint density at radius 1 is 1.02 bits per heavy atom. The van der Waals surface area contributed by atoms with Crippen LogP contribution in [0.1, 0.15) is 71.6 Å². The zero-order chi connectivity index (χ0) is 38.1. The molecule has 6 heterocycles. The van der Waals surface area contributed by atoms with Gasteiger partial charge in [0.25, 0.3) is 0 Å². The largest absolute Gasteiger partial charge is 0.508 e. The van der Waals surface area contributed by atoms with Crippen molar-refractivity contribution >= 4 is 33.6 Å². The van der Waals surface area contributed by atoms with Gasteiger partial charge in [0, 0.05) is 35.0 Å². The molecule has 2 aromatic heterocycles. The van der Waals surface area contributed by atoms with Gasteiger partial charge < -0.3 is 34.3 Å². The second kappa shape index (κ2) is 13.9. The molecular weight excluding hydrogens is 710 g/mol. The standard InChI is InChI=1S/C41H48F2N6O6/c1-23-16-26(17-24(2)54-23)49-15-6-12-40(11-5-10-30(40)49)22-53-38-46-35-32(36(47-38)48-14-7-13-41(21-48)20-44-39(51)55-41)37(52-3)45-34(33(35)43)28-19-27(50)18-25-8-4-9-29(42)31(25)28/h4,8-9,18-19,23-24,26,30,50H,5-7,10-17,20-22H2,1-3H3,(H,44,51). The molecule has 14 heteroatoms. The lowest BCUT2D eigenvalue weighted by Crippen LogP contribution is -2.57. The van der Waals surface area contributed by atoms with E-state index in [4.69, 9.17) is 28.9 Å². The van der Waals surface area contributed by atoms with Crippen LogP contribution < -0.4 is 19.7 Å². The van der Waals surface area contributed by atoms with Crippen molar-refractivity contribution in [2.45, 2.75) is 102 Å². The summed E-state index contributed by atoms with van der Waals surface area (Å²) in [6.45, 7) is 6.93. The predicted molar refractivity (Wildman–Crippen MR) is 202 cm³/mol. The second-order valence-corrected chi connectivity index (χ2v) is 16.4. The Morgan fingerprint density at radius 3 is 2.60 bits per heavy atom. The minimum Gasteiger partial charge on any atom is -0.508 e. The molecule has 1 amide bonds. The first kappa shape index (κ1) is 36.1. The average Bonchev–Trinajstić information content (AvgIpc) is 3.76. The first-order valence-corrected chi connectivity index (χ1v) is 19.7. The fraction of sp³-hybridized carbons (Fsp3) is 0.561. The second-order valence-electron chi connectivity index (χ2n) is 16.4. The van der Waals surface area contributed by atoms with Crippen molar-refractivity contribution in [2.75, 3.05) is 44.8 Å². The molecule has 1 aliphatic carbocycles. The molecule has 2 aromatic carbocycles. The maximum absolute atomic E-state index is 17.3. The number of phenols is 1. The molecule has 55 heavy (non-hydrogen) atoms. The van der Waals surface area contributed by atoms with Crippen LogP contribution in [0.15, 0.2) is 30.3 Å². The number of amides is 1. The number of benzene rings is 2. The maximum Gasteiger partial charge on any atom is 0.407 e. The number of alkyl carbamates (subject to hydrolysis) is 1. The van der Waals surface area contributed by atoms with Crippen LogP contribution in [0.25, 0.3) is 32.9 Å². The quantitative estimate of drug-likeness (QED) is 0.204. The first-order chi connectivity index (χ1) is 26.5. The third-order valence-corrected chi connectivity index (χ3v) is 12.8. The van der Waals surface area contributed by atoms with Gasteiger partial charge in [-0.15, -0.1) is 0 Å². The highest BCUT2D eigenvalue weighted by atomic mass is 19.1. The van der Waals surface area contributed by atoms with Crippen molar-refractivity contribution in [3.8, 4) is 28.9 Å². The van der Waals surface area contributed by atoms with Gasteiger partial charge in [0.1, 0.15) is 39.6 Å². The van der Waals surface area contributed by atoms with Crippen LogP contribution in [-0.4, -0.2) is 101 Å². The summed E-state index contributed by atoms with van der Waals surface area (Å²) in [5.74, 6) is -1.21. The number of halogens is 2. The van der Waals surface area contributed by atoms with Crippen LogP contribution in [0.3, 0.4) is 0 Å². The summed E-state index contributed by atoms with van der Waals surface area (Å²) in [6.07, 6.45) is 8.58. The van der Waals surface area contributed by atoms with Crippen molar-refractivity contribution in [1.29, 1.82) is 0 Å². The number of nitrogens with zero attached hydrogens (tertiary/aromatic N) is 5. The van der Waals surface area contributed by atoms with Gasteiger partial charge >= 0.3 is 12.1 Å². The molecule has 4 saturated heterocycles. The average molecular weight is 759 g/mol. The van der Waals surface area contributed by atoms with Crippen LogP contribution in [0.4, 0.5) is 19.4 Å². The molecule has 1 spiro atoms. The molecule has 5 atom stereocenters. The van der Waals surface area contributed by atoms with Crippen molar-refractivity contribution < 1.29 is 37.6 Å². The summed E-state index contributed by atoms with van der Waals surface area (Å²) in [5.41, 5.74) is -1.18. The molecule has 0 radical (unpaired) electrons. The molecule has 12 nitrogen and oxygen atoms in total. The number of carbonyl (C=O) groups excluding carboxylic acids is 1. The van der Waals surface area contributed by atoms with Gasteiger partial charge in [0.05, 0.1) is 39.0 Å². The minimum atomic E-state index is -0.830. The van der Waals surface area contributed by atoms with E-state index in [1.165, 1.54) is 31.4 Å². The topological polar surface area (TPSA) is 131 Å². The number of fused-ring (bicyclic) bond motifs is 3. The number of pyridine rings is 1. The summed E-state index contributed by atoms with van der Waals surface area (Å²) >= 11 is 0. The van der Waals surface area contributed by atoms with E-state index in [2.05, 4.69) is 29.0 Å². The number of methoxy groups -OCH3 is 1. The summed E-state index contributed by atoms with van der Waals surface area (Å²) in [6, 6.07) is 7.98. The summed E-state index contributed by atoms with van der Waals surface area (Å²) < 4.78 is 57.1. The molecular formula is C41H48F2N6O6. The van der Waals surface area contributed by atoms with E-state index >= 15 is 8.78 Å². The Bertz CT molecular complexity index is 2150. The lowest BCUT2D eigenvalue weighted by molar-refractivity contribution is -0.0967. The molecule has 292 valence electrons. The van der Waals surface area contributed by atoms with Crippen LogP contribution in [-0.2, 0) is 9.47 Å². The highest BCUT2D eigenvalue weighted by molar-refractivity contribution is 6.02. The lowest BCUT2D eigenvalue weighted by Gasteiger charge is -2.51. The van der Waals surface area contributed by atoms with Crippen molar-refractivity contribution in [3.05, 3.63) is 42.0 Å². The van der Waals surface area contributed by atoms with E-state index in [1.54, 1.807) is 6.07 Å². The van der Waals surface area contributed by atoms with Gasteiger partial charge in [-0.3, -0.25) is 4.90 Å². The Morgan fingerprint density at radius 2 is 1.82 bits per heavy atom. The van der Waals surface area contributed by atoms with Gasteiger partial charge in [-0.2, -0.15) is 9.97 Å². The fourth-order valence-electron chi connectivity index (χ4n) is 10.5. The van der Waals surface area contributed by atoms with E-state index < -0.39 is 23.3 Å². The Balaban J connectivity index is 1.14. The van der Waals surface area contributed by atoms with E-state index in [9.17, 15) is 9.90 Å². The predicted octanol–water partition coefficient (Wildman–Crippen LogP) is 6.89. The van der Waals surface area contributed by atoms with Crippen LogP contribution in [0, 0.1) is 17.0 Å². The van der Waals surface area contributed by atoms with E-state index in [-0.39, 0.29) is 62.8 Å². The van der Waals surface area contributed by atoms with Gasteiger partial charge in [-0.25, -0.2) is 18.6 Å². The zero-order valence-electron chi connectivity index (χ0n) is 31.6. The monoisotopic (exact) mass is 758 g/mol. The third-order valence-electron chi connectivity index (χ3n) is 12.8.